The minimum absolute atomic E-state index is 0.138. The van der Waals surface area contributed by atoms with Crippen molar-refractivity contribution in [2.45, 2.75) is 24.9 Å². The third kappa shape index (κ3) is 4.49. The number of aliphatic hydroxyl groups excluding tert-OH is 1. The molecule has 4 nitrogen and oxygen atoms in total. The molecule has 1 saturated heterocycles. The van der Waals surface area contributed by atoms with Crippen LogP contribution in [0.3, 0.4) is 0 Å². The molecule has 1 atom stereocenters. The highest BCUT2D eigenvalue weighted by Gasteiger charge is 2.29. The van der Waals surface area contributed by atoms with Crippen molar-refractivity contribution >= 4 is 0 Å². The Morgan fingerprint density at radius 3 is 2.68 bits per heavy atom. The second-order valence-corrected chi connectivity index (χ2v) is 5.24. The minimum atomic E-state index is -0.880. The standard InChI is InChI=1S/C15H23NO3/c17-13-15(18)7-4-9-16(10-8-15)11-12-19-14-5-2-1-3-6-14/h1-3,5-6,17-18H,4,7-13H2/t15-/m0/s1. The highest BCUT2D eigenvalue weighted by Crippen LogP contribution is 2.21. The Morgan fingerprint density at radius 2 is 1.95 bits per heavy atom. The van der Waals surface area contributed by atoms with Gasteiger partial charge in [-0.2, -0.15) is 0 Å². The van der Waals surface area contributed by atoms with Crippen LogP contribution in [0.1, 0.15) is 19.3 Å². The van der Waals surface area contributed by atoms with E-state index in [1.165, 1.54) is 0 Å². The van der Waals surface area contributed by atoms with Crippen molar-refractivity contribution in [1.29, 1.82) is 0 Å². The summed E-state index contributed by atoms with van der Waals surface area (Å²) in [4.78, 5) is 2.29. The summed E-state index contributed by atoms with van der Waals surface area (Å²) in [6, 6.07) is 9.79. The van der Waals surface area contributed by atoms with Crippen LogP contribution in [0.5, 0.6) is 5.75 Å². The van der Waals surface area contributed by atoms with Gasteiger partial charge in [0.2, 0.25) is 0 Å². The summed E-state index contributed by atoms with van der Waals surface area (Å²) in [7, 11) is 0. The molecular weight excluding hydrogens is 242 g/mol. The first-order valence-corrected chi connectivity index (χ1v) is 6.95. The second-order valence-electron chi connectivity index (χ2n) is 5.24. The lowest BCUT2D eigenvalue weighted by Crippen LogP contribution is -2.35. The van der Waals surface area contributed by atoms with Gasteiger partial charge in [0.25, 0.3) is 0 Å². The Labute approximate surface area is 114 Å². The number of rotatable bonds is 5. The molecule has 2 N–H and O–H groups in total. The van der Waals surface area contributed by atoms with Gasteiger partial charge in [0.15, 0.2) is 0 Å². The van der Waals surface area contributed by atoms with Crippen LogP contribution in [0, 0.1) is 0 Å². The molecule has 4 heteroatoms. The van der Waals surface area contributed by atoms with E-state index in [9.17, 15) is 10.2 Å². The summed E-state index contributed by atoms with van der Waals surface area (Å²) in [5.74, 6) is 0.893. The maximum Gasteiger partial charge on any atom is 0.119 e. The van der Waals surface area contributed by atoms with Crippen molar-refractivity contribution < 1.29 is 14.9 Å². The molecular formula is C15H23NO3. The van der Waals surface area contributed by atoms with E-state index in [2.05, 4.69) is 4.90 Å². The molecule has 1 fully saturated rings. The van der Waals surface area contributed by atoms with Crippen molar-refractivity contribution in [3.8, 4) is 5.75 Å². The quantitative estimate of drug-likeness (QED) is 0.842. The van der Waals surface area contributed by atoms with E-state index in [-0.39, 0.29) is 6.61 Å². The topological polar surface area (TPSA) is 52.9 Å². The van der Waals surface area contributed by atoms with Gasteiger partial charge in [0.05, 0.1) is 12.2 Å². The average molecular weight is 265 g/mol. The Balaban J connectivity index is 1.72. The van der Waals surface area contributed by atoms with Crippen LogP contribution in [0.4, 0.5) is 0 Å². The number of nitrogens with zero attached hydrogens (tertiary/aromatic N) is 1. The van der Waals surface area contributed by atoms with Crippen molar-refractivity contribution in [2.24, 2.45) is 0 Å². The largest absolute Gasteiger partial charge is 0.492 e. The van der Waals surface area contributed by atoms with Crippen LogP contribution < -0.4 is 4.74 Å². The van der Waals surface area contributed by atoms with Gasteiger partial charge in [-0.3, -0.25) is 4.90 Å². The Hall–Kier alpha value is -1.10. The molecule has 19 heavy (non-hydrogen) atoms. The molecule has 0 saturated carbocycles. The molecule has 1 aliphatic rings. The van der Waals surface area contributed by atoms with Crippen molar-refractivity contribution in [2.75, 3.05) is 32.8 Å². The number of likely N-dealkylation sites (tertiary alicyclic amines) is 1. The van der Waals surface area contributed by atoms with Crippen molar-refractivity contribution in [1.82, 2.24) is 4.90 Å². The molecule has 1 aliphatic heterocycles. The predicted molar refractivity (Wildman–Crippen MR) is 74.3 cm³/mol. The molecule has 0 aromatic heterocycles. The first-order chi connectivity index (χ1) is 9.22. The van der Waals surface area contributed by atoms with Gasteiger partial charge in [-0.05, 0) is 37.9 Å². The molecule has 2 rings (SSSR count). The van der Waals surface area contributed by atoms with Gasteiger partial charge < -0.3 is 14.9 Å². The average Bonchev–Trinajstić information content (AvgIpc) is 2.63. The maximum absolute atomic E-state index is 10.1. The van der Waals surface area contributed by atoms with Gasteiger partial charge in [0.1, 0.15) is 12.4 Å². The highest BCUT2D eigenvalue weighted by atomic mass is 16.5. The Morgan fingerprint density at radius 1 is 1.16 bits per heavy atom. The van der Waals surface area contributed by atoms with E-state index in [0.717, 1.165) is 31.8 Å². The summed E-state index contributed by atoms with van der Waals surface area (Å²) in [5.41, 5.74) is -0.880. The van der Waals surface area contributed by atoms with E-state index in [4.69, 9.17) is 4.74 Å². The lowest BCUT2D eigenvalue weighted by molar-refractivity contribution is -0.0255. The number of para-hydroxylation sites is 1. The molecule has 0 radical (unpaired) electrons. The smallest absolute Gasteiger partial charge is 0.119 e. The lowest BCUT2D eigenvalue weighted by Gasteiger charge is -2.24. The summed E-state index contributed by atoms with van der Waals surface area (Å²) in [6.07, 6.45) is 2.23. The summed E-state index contributed by atoms with van der Waals surface area (Å²) >= 11 is 0. The molecule has 1 aromatic carbocycles. The number of aliphatic hydroxyl groups is 2. The normalized spacial score (nSPS) is 24.9. The third-order valence-electron chi connectivity index (χ3n) is 3.72. The predicted octanol–water partition coefficient (Wildman–Crippen LogP) is 1.27. The maximum atomic E-state index is 10.1. The zero-order valence-corrected chi connectivity index (χ0v) is 11.3. The van der Waals surface area contributed by atoms with E-state index >= 15 is 0 Å². The first-order valence-electron chi connectivity index (χ1n) is 6.95. The number of ether oxygens (including phenoxy) is 1. The molecule has 0 amide bonds. The molecule has 1 aromatic rings. The van der Waals surface area contributed by atoms with E-state index in [1.807, 2.05) is 30.3 Å². The fourth-order valence-corrected chi connectivity index (χ4v) is 2.43. The van der Waals surface area contributed by atoms with Crippen LogP contribution >= 0.6 is 0 Å². The highest BCUT2D eigenvalue weighted by molar-refractivity contribution is 5.20. The Kier molecular flexibility index (Phi) is 5.19. The minimum Gasteiger partial charge on any atom is -0.492 e. The second kappa shape index (κ2) is 6.89. The summed E-state index contributed by atoms with van der Waals surface area (Å²) < 4.78 is 5.67. The fraction of sp³-hybridized carbons (Fsp3) is 0.600. The van der Waals surface area contributed by atoms with Crippen molar-refractivity contribution in [3.63, 3.8) is 0 Å². The van der Waals surface area contributed by atoms with E-state index in [0.29, 0.717) is 19.4 Å². The van der Waals surface area contributed by atoms with Crippen LogP contribution in [-0.4, -0.2) is 53.6 Å². The fourth-order valence-electron chi connectivity index (χ4n) is 2.43. The zero-order valence-electron chi connectivity index (χ0n) is 11.3. The van der Waals surface area contributed by atoms with Gasteiger partial charge in [-0.15, -0.1) is 0 Å². The van der Waals surface area contributed by atoms with E-state index < -0.39 is 5.60 Å². The first kappa shape index (κ1) is 14.3. The van der Waals surface area contributed by atoms with Crippen LogP contribution in [0.15, 0.2) is 30.3 Å². The summed E-state index contributed by atoms with van der Waals surface area (Å²) in [5, 5.41) is 19.3. The monoisotopic (exact) mass is 265 g/mol. The van der Waals surface area contributed by atoms with Gasteiger partial charge in [-0.1, -0.05) is 18.2 Å². The van der Waals surface area contributed by atoms with Gasteiger partial charge in [0, 0.05) is 13.1 Å². The zero-order chi connectivity index (χ0) is 13.6. The number of hydrogen-bond acceptors (Lipinski definition) is 4. The van der Waals surface area contributed by atoms with Gasteiger partial charge >= 0.3 is 0 Å². The van der Waals surface area contributed by atoms with Crippen molar-refractivity contribution in [3.05, 3.63) is 30.3 Å². The number of hydrogen-bond donors (Lipinski definition) is 2. The molecule has 0 aliphatic carbocycles. The van der Waals surface area contributed by atoms with Crippen LogP contribution in [0.2, 0.25) is 0 Å². The SMILES string of the molecule is OC[C@]1(O)CCCN(CCOc2ccccc2)CC1. The van der Waals surface area contributed by atoms with Crippen LogP contribution in [-0.2, 0) is 0 Å². The lowest BCUT2D eigenvalue weighted by atomic mass is 9.96. The molecule has 0 unspecified atom stereocenters. The molecule has 1 heterocycles. The number of benzene rings is 1. The summed E-state index contributed by atoms with van der Waals surface area (Å²) in [6.45, 7) is 3.15. The van der Waals surface area contributed by atoms with E-state index in [1.54, 1.807) is 0 Å². The van der Waals surface area contributed by atoms with Gasteiger partial charge in [-0.25, -0.2) is 0 Å². The van der Waals surface area contributed by atoms with Crippen LogP contribution in [0.25, 0.3) is 0 Å². The molecule has 106 valence electrons. The third-order valence-corrected chi connectivity index (χ3v) is 3.72. The Bertz CT molecular complexity index is 371. The molecule has 0 bridgehead atoms. The molecule has 0 spiro atoms.